The van der Waals surface area contributed by atoms with Crippen molar-refractivity contribution in [3.05, 3.63) is 54.3 Å². The van der Waals surface area contributed by atoms with Gasteiger partial charge in [0.15, 0.2) is 0 Å². The predicted molar refractivity (Wildman–Crippen MR) is 116 cm³/mol. The van der Waals surface area contributed by atoms with Gasteiger partial charge in [0.25, 0.3) is 5.91 Å². The summed E-state index contributed by atoms with van der Waals surface area (Å²) in [5, 5.41) is 10.5. The average Bonchev–Trinajstić information content (AvgIpc) is 3.44. The third kappa shape index (κ3) is 3.72. The highest BCUT2D eigenvalue weighted by Crippen LogP contribution is 2.39. The summed E-state index contributed by atoms with van der Waals surface area (Å²) in [5.74, 6) is -0.620. The van der Waals surface area contributed by atoms with Crippen molar-refractivity contribution in [3.63, 3.8) is 0 Å². The first-order valence-electron chi connectivity index (χ1n) is 9.20. The SMILES string of the molecule is COC(=O)c1c(NC(=O)c2cc(Cn3nc(C)c(Cl)c3C)cs2)sc2c1CCC2. The van der Waals surface area contributed by atoms with Crippen molar-refractivity contribution in [1.29, 1.82) is 0 Å². The van der Waals surface area contributed by atoms with Crippen LogP contribution in [0.1, 0.15) is 53.8 Å². The first kappa shape index (κ1) is 20.1. The quantitative estimate of drug-likeness (QED) is 0.565. The van der Waals surface area contributed by atoms with Gasteiger partial charge in [0.2, 0.25) is 0 Å². The zero-order valence-electron chi connectivity index (χ0n) is 16.3. The van der Waals surface area contributed by atoms with E-state index in [1.165, 1.54) is 29.8 Å². The minimum Gasteiger partial charge on any atom is -0.465 e. The molecule has 0 radical (unpaired) electrons. The molecule has 29 heavy (non-hydrogen) atoms. The topological polar surface area (TPSA) is 73.2 Å². The smallest absolute Gasteiger partial charge is 0.341 e. The molecule has 0 spiro atoms. The lowest BCUT2D eigenvalue weighted by atomic mass is 10.1. The number of amides is 1. The van der Waals surface area contributed by atoms with E-state index in [-0.39, 0.29) is 5.91 Å². The largest absolute Gasteiger partial charge is 0.465 e. The highest BCUT2D eigenvalue weighted by atomic mass is 35.5. The highest BCUT2D eigenvalue weighted by Gasteiger charge is 2.28. The molecule has 3 aromatic heterocycles. The van der Waals surface area contributed by atoms with Gasteiger partial charge in [-0.3, -0.25) is 9.48 Å². The Morgan fingerprint density at radius 1 is 1.34 bits per heavy atom. The van der Waals surface area contributed by atoms with Crippen molar-refractivity contribution >= 4 is 51.2 Å². The van der Waals surface area contributed by atoms with Gasteiger partial charge in [-0.05, 0) is 55.7 Å². The number of nitrogens with zero attached hydrogens (tertiary/aromatic N) is 2. The van der Waals surface area contributed by atoms with Crippen molar-refractivity contribution < 1.29 is 14.3 Å². The molecule has 3 heterocycles. The number of rotatable bonds is 5. The Labute approximate surface area is 181 Å². The third-order valence-corrected chi connectivity index (χ3v) is 7.77. The Morgan fingerprint density at radius 2 is 2.14 bits per heavy atom. The van der Waals surface area contributed by atoms with Crippen LogP contribution in [0, 0.1) is 13.8 Å². The van der Waals surface area contributed by atoms with Crippen LogP contribution < -0.4 is 5.32 Å². The molecule has 0 unspecified atom stereocenters. The molecule has 152 valence electrons. The van der Waals surface area contributed by atoms with Crippen molar-refractivity contribution in [1.82, 2.24) is 9.78 Å². The molecule has 9 heteroatoms. The number of halogens is 1. The van der Waals surface area contributed by atoms with E-state index >= 15 is 0 Å². The summed E-state index contributed by atoms with van der Waals surface area (Å²) in [5.41, 5.74) is 4.19. The van der Waals surface area contributed by atoms with Crippen LogP contribution in [0.2, 0.25) is 5.02 Å². The number of methoxy groups -OCH3 is 1. The van der Waals surface area contributed by atoms with E-state index in [4.69, 9.17) is 16.3 Å². The van der Waals surface area contributed by atoms with Gasteiger partial charge >= 0.3 is 5.97 Å². The lowest BCUT2D eigenvalue weighted by Gasteiger charge is -2.06. The van der Waals surface area contributed by atoms with Crippen molar-refractivity contribution in [2.75, 3.05) is 12.4 Å². The maximum atomic E-state index is 12.8. The number of nitrogens with one attached hydrogen (secondary N) is 1. The van der Waals surface area contributed by atoms with E-state index in [2.05, 4.69) is 10.4 Å². The predicted octanol–water partition coefficient (Wildman–Crippen LogP) is 4.85. The molecule has 1 amide bonds. The summed E-state index contributed by atoms with van der Waals surface area (Å²) in [4.78, 5) is 26.8. The van der Waals surface area contributed by atoms with Gasteiger partial charge in [-0.2, -0.15) is 5.10 Å². The van der Waals surface area contributed by atoms with Crippen LogP contribution >= 0.6 is 34.3 Å². The standard InChI is InChI=1S/C20H20ClN3O3S2/c1-10-17(21)11(2)24(23-10)8-12-7-15(28-9-12)18(25)22-19-16(20(26)27-3)13-5-4-6-14(13)29-19/h7,9H,4-6,8H2,1-3H3,(H,22,25). The Bertz CT molecular complexity index is 1110. The molecule has 0 atom stereocenters. The van der Waals surface area contributed by atoms with E-state index < -0.39 is 5.97 Å². The average molecular weight is 450 g/mol. The van der Waals surface area contributed by atoms with Crippen LogP contribution in [-0.4, -0.2) is 28.8 Å². The van der Waals surface area contributed by atoms with Crippen molar-refractivity contribution in [2.24, 2.45) is 0 Å². The first-order chi connectivity index (χ1) is 13.9. The fraction of sp³-hybridized carbons (Fsp3) is 0.350. The number of esters is 1. The molecule has 0 aliphatic heterocycles. The van der Waals surface area contributed by atoms with Gasteiger partial charge in [0.05, 0.1) is 40.5 Å². The Kier molecular flexibility index (Phi) is 5.50. The summed E-state index contributed by atoms with van der Waals surface area (Å²) in [7, 11) is 1.36. The number of hydrogen-bond acceptors (Lipinski definition) is 6. The van der Waals surface area contributed by atoms with E-state index in [0.29, 0.717) is 27.0 Å². The zero-order chi connectivity index (χ0) is 20.7. The molecule has 0 aromatic carbocycles. The molecular weight excluding hydrogens is 430 g/mol. The normalized spacial score (nSPS) is 12.8. The van der Waals surface area contributed by atoms with Crippen molar-refractivity contribution in [3.8, 4) is 0 Å². The number of carbonyl (C=O) groups excluding carboxylic acids is 2. The van der Waals surface area contributed by atoms with Crippen LogP contribution in [0.5, 0.6) is 0 Å². The number of aryl methyl sites for hydroxylation is 2. The fourth-order valence-corrected chi connectivity index (χ4v) is 5.76. The first-order valence-corrected chi connectivity index (χ1v) is 11.3. The molecule has 0 saturated heterocycles. The number of fused-ring (bicyclic) bond motifs is 1. The number of hydrogen-bond donors (Lipinski definition) is 1. The van der Waals surface area contributed by atoms with E-state index in [0.717, 1.165) is 46.7 Å². The molecule has 6 nitrogen and oxygen atoms in total. The Morgan fingerprint density at radius 3 is 2.83 bits per heavy atom. The number of anilines is 1. The minimum atomic E-state index is -0.395. The number of thiophene rings is 2. The second-order valence-electron chi connectivity index (χ2n) is 6.97. The minimum absolute atomic E-state index is 0.224. The van der Waals surface area contributed by atoms with Gasteiger partial charge < -0.3 is 10.1 Å². The lowest BCUT2D eigenvalue weighted by molar-refractivity contribution is 0.0601. The molecule has 4 rings (SSSR count). The van der Waals surface area contributed by atoms with Crippen LogP contribution in [-0.2, 0) is 24.1 Å². The lowest BCUT2D eigenvalue weighted by Crippen LogP contribution is -2.13. The molecule has 1 aliphatic rings. The molecule has 1 N–H and O–H groups in total. The van der Waals surface area contributed by atoms with Gasteiger partial charge in [-0.1, -0.05) is 11.6 Å². The van der Waals surface area contributed by atoms with Gasteiger partial charge in [-0.15, -0.1) is 22.7 Å². The molecule has 1 aliphatic carbocycles. The molecule has 0 bridgehead atoms. The summed E-state index contributed by atoms with van der Waals surface area (Å²) < 4.78 is 6.77. The monoisotopic (exact) mass is 449 g/mol. The van der Waals surface area contributed by atoms with Gasteiger partial charge in [0.1, 0.15) is 5.00 Å². The Hall–Kier alpha value is -2.16. The summed E-state index contributed by atoms with van der Waals surface area (Å²) >= 11 is 9.05. The number of aromatic nitrogens is 2. The highest BCUT2D eigenvalue weighted by molar-refractivity contribution is 7.17. The number of carbonyl (C=O) groups is 2. The van der Waals surface area contributed by atoms with Gasteiger partial charge in [0, 0.05) is 4.88 Å². The maximum absolute atomic E-state index is 12.8. The third-order valence-electron chi connectivity index (χ3n) is 5.04. The van der Waals surface area contributed by atoms with E-state index in [1.54, 1.807) is 0 Å². The van der Waals surface area contributed by atoms with Crippen molar-refractivity contribution in [2.45, 2.75) is 39.7 Å². The Balaban J connectivity index is 1.53. The fourth-order valence-electron chi connectivity index (χ4n) is 3.55. The summed E-state index contributed by atoms with van der Waals surface area (Å²) in [6, 6.07) is 1.85. The molecular formula is C20H20ClN3O3S2. The maximum Gasteiger partial charge on any atom is 0.341 e. The second kappa shape index (κ2) is 7.93. The summed E-state index contributed by atoms with van der Waals surface area (Å²) in [6.07, 6.45) is 2.82. The van der Waals surface area contributed by atoms with Crippen LogP contribution in [0.4, 0.5) is 5.00 Å². The molecule has 0 fully saturated rings. The summed E-state index contributed by atoms with van der Waals surface area (Å²) in [6.45, 7) is 4.34. The number of ether oxygens (including phenoxy) is 1. The molecule has 3 aromatic rings. The van der Waals surface area contributed by atoms with E-state index in [9.17, 15) is 9.59 Å². The molecule has 0 saturated carbocycles. The van der Waals surface area contributed by atoms with Crippen LogP contribution in [0.25, 0.3) is 0 Å². The van der Waals surface area contributed by atoms with Gasteiger partial charge in [-0.25, -0.2) is 4.79 Å². The van der Waals surface area contributed by atoms with Crippen LogP contribution in [0.3, 0.4) is 0 Å². The van der Waals surface area contributed by atoms with E-state index in [1.807, 2.05) is 30.0 Å². The zero-order valence-corrected chi connectivity index (χ0v) is 18.7. The van der Waals surface area contributed by atoms with Crippen LogP contribution in [0.15, 0.2) is 11.4 Å². The second-order valence-corrected chi connectivity index (χ2v) is 9.36.